The largest absolute Gasteiger partial charge is 0.462 e. The normalized spacial score (nSPS) is 19.5. The summed E-state index contributed by atoms with van der Waals surface area (Å²) in [5, 5.41) is 2.79. The summed E-state index contributed by atoms with van der Waals surface area (Å²) in [4.78, 5) is 36.5. The van der Waals surface area contributed by atoms with E-state index in [2.05, 4.69) is 70.2 Å². The number of likely N-dealkylation sites (tertiary alicyclic amines) is 1. The predicted octanol–water partition coefficient (Wildman–Crippen LogP) is 4.28. The first-order valence-corrected chi connectivity index (χ1v) is 16.1. The second-order valence-electron chi connectivity index (χ2n) is 12.6. The molecule has 6 rings (SSSR count). The van der Waals surface area contributed by atoms with Gasteiger partial charge in [0.05, 0.1) is 17.3 Å². The van der Waals surface area contributed by atoms with Crippen molar-refractivity contribution < 1.29 is 13.9 Å². The number of likely N-dealkylation sites (N-methyl/N-ethyl adjacent to an activating group) is 2. The van der Waals surface area contributed by atoms with Crippen LogP contribution in [0.4, 0.5) is 15.9 Å². The fourth-order valence-electron chi connectivity index (χ4n) is 6.79. The van der Waals surface area contributed by atoms with Crippen LogP contribution < -0.4 is 14.5 Å². The number of piperazine rings is 1. The smallest absolute Gasteiger partial charge is 0.318 e. The van der Waals surface area contributed by atoms with Crippen molar-refractivity contribution in [2.45, 2.75) is 38.0 Å². The molecular formula is C34H40ClFN8O2. The van der Waals surface area contributed by atoms with Crippen molar-refractivity contribution in [1.29, 1.82) is 0 Å². The topological polar surface area (TPSA) is 72.6 Å². The number of aromatic nitrogens is 2. The van der Waals surface area contributed by atoms with E-state index < -0.39 is 17.8 Å². The van der Waals surface area contributed by atoms with Crippen LogP contribution in [0.2, 0.25) is 5.02 Å². The first-order valence-electron chi connectivity index (χ1n) is 15.7. The molecule has 3 aliphatic rings. The van der Waals surface area contributed by atoms with Crippen LogP contribution in [0.15, 0.2) is 48.8 Å². The van der Waals surface area contributed by atoms with E-state index in [-0.39, 0.29) is 19.1 Å². The number of rotatable bonds is 9. The van der Waals surface area contributed by atoms with Gasteiger partial charge in [0.1, 0.15) is 18.5 Å². The lowest BCUT2D eigenvalue weighted by Gasteiger charge is -2.44. The van der Waals surface area contributed by atoms with Crippen LogP contribution in [0.25, 0.3) is 15.6 Å². The first-order chi connectivity index (χ1) is 22.1. The van der Waals surface area contributed by atoms with Crippen LogP contribution in [0.1, 0.15) is 18.2 Å². The van der Waals surface area contributed by atoms with Crippen LogP contribution >= 0.6 is 11.6 Å². The Labute approximate surface area is 274 Å². The number of hydrogen-bond acceptors (Lipinski definition) is 8. The van der Waals surface area contributed by atoms with Crippen molar-refractivity contribution in [3.63, 3.8) is 0 Å². The molecule has 2 aromatic carbocycles. The maximum absolute atomic E-state index is 13.9. The van der Waals surface area contributed by atoms with Gasteiger partial charge in [0, 0.05) is 68.0 Å². The van der Waals surface area contributed by atoms with E-state index in [0.29, 0.717) is 49.7 Å². The van der Waals surface area contributed by atoms with E-state index in [1.807, 2.05) is 18.2 Å². The van der Waals surface area contributed by atoms with Crippen LogP contribution in [0, 0.1) is 6.57 Å². The number of carbonyl (C=O) groups excluding carboxylic acids is 1. The molecule has 0 spiro atoms. The van der Waals surface area contributed by atoms with Gasteiger partial charge < -0.3 is 29.2 Å². The van der Waals surface area contributed by atoms with E-state index >= 15 is 0 Å². The summed E-state index contributed by atoms with van der Waals surface area (Å²) < 4.78 is 20.2. The summed E-state index contributed by atoms with van der Waals surface area (Å²) in [5.41, 5.74) is 2.94. The number of anilines is 2. The van der Waals surface area contributed by atoms with Gasteiger partial charge in [0.15, 0.2) is 5.83 Å². The maximum atomic E-state index is 13.9. The Balaban J connectivity index is 1.31. The van der Waals surface area contributed by atoms with Crippen molar-refractivity contribution in [3.8, 4) is 6.01 Å². The Morgan fingerprint density at radius 3 is 2.65 bits per heavy atom. The Bertz CT molecular complexity index is 1670. The Morgan fingerprint density at radius 2 is 1.93 bits per heavy atom. The summed E-state index contributed by atoms with van der Waals surface area (Å²) in [7, 11) is 4.25. The van der Waals surface area contributed by atoms with Gasteiger partial charge in [0.25, 0.3) is 5.91 Å². The monoisotopic (exact) mass is 646 g/mol. The SMILES string of the molecule is [C-]#[N+]C[C@H]1CN(c2nc(OC[C@@H](C)N(C)C3CN(C)C3)nc3c2CCN(c2cccc4cccc(Cl)c24)C3)CCN1C(=O)C(=C)F. The van der Waals surface area contributed by atoms with Gasteiger partial charge >= 0.3 is 6.01 Å². The van der Waals surface area contributed by atoms with Crippen LogP contribution in [-0.2, 0) is 17.8 Å². The quantitative estimate of drug-likeness (QED) is 0.252. The van der Waals surface area contributed by atoms with Crippen LogP contribution in [-0.4, -0.2) is 115 Å². The number of fused-ring (bicyclic) bond motifs is 2. The van der Waals surface area contributed by atoms with E-state index in [1.165, 1.54) is 4.90 Å². The average Bonchev–Trinajstić information content (AvgIpc) is 3.04. The van der Waals surface area contributed by atoms with Crippen LogP contribution in [0.3, 0.4) is 0 Å². The second-order valence-corrected chi connectivity index (χ2v) is 13.0. The lowest BCUT2D eigenvalue weighted by molar-refractivity contribution is -0.131. The number of halogens is 2. The molecule has 0 bridgehead atoms. The maximum Gasteiger partial charge on any atom is 0.318 e. The highest BCUT2D eigenvalue weighted by Gasteiger charge is 2.36. The lowest BCUT2D eigenvalue weighted by Crippen LogP contribution is -2.59. The number of carbonyl (C=O) groups is 1. The molecule has 0 saturated carbocycles. The molecule has 3 aromatic rings. The molecule has 0 unspecified atom stereocenters. The molecule has 3 aliphatic heterocycles. The summed E-state index contributed by atoms with van der Waals surface area (Å²) in [6.07, 6.45) is 0.689. The molecule has 2 saturated heterocycles. The van der Waals surface area contributed by atoms with Crippen LogP contribution in [0.5, 0.6) is 6.01 Å². The molecule has 12 heteroatoms. The zero-order valence-electron chi connectivity index (χ0n) is 26.6. The third kappa shape index (κ3) is 6.34. The summed E-state index contributed by atoms with van der Waals surface area (Å²) in [6.45, 7) is 17.7. The van der Waals surface area contributed by atoms with Gasteiger partial charge in [-0.05, 0) is 45.0 Å². The van der Waals surface area contributed by atoms with Gasteiger partial charge in [-0.25, -0.2) is 11.0 Å². The predicted molar refractivity (Wildman–Crippen MR) is 179 cm³/mol. The second kappa shape index (κ2) is 13.4. The minimum Gasteiger partial charge on any atom is -0.462 e. The molecule has 4 heterocycles. The van der Waals surface area contributed by atoms with E-state index in [1.54, 1.807) is 0 Å². The zero-order valence-corrected chi connectivity index (χ0v) is 27.4. The van der Waals surface area contributed by atoms with E-state index in [4.69, 9.17) is 32.9 Å². The third-order valence-corrected chi connectivity index (χ3v) is 9.86. The average molecular weight is 647 g/mol. The van der Waals surface area contributed by atoms with Gasteiger partial charge in [-0.1, -0.05) is 42.4 Å². The summed E-state index contributed by atoms with van der Waals surface area (Å²) in [5.74, 6) is -1.03. The summed E-state index contributed by atoms with van der Waals surface area (Å²) in [6, 6.07) is 12.6. The number of nitrogens with zero attached hydrogens (tertiary/aromatic N) is 8. The van der Waals surface area contributed by atoms with Crippen molar-refractivity contribution in [3.05, 3.63) is 76.5 Å². The standard InChI is InChI=1S/C34H40ClFN8O2/c1-22(41(5)26-17-40(4)18-26)21-46-34-38-29-20-42(30-11-7-9-24-8-6-10-28(35)31(24)30)13-12-27(29)32(39-34)43-14-15-44(33(45)23(2)36)25(19-43)16-37-3/h6-11,22,25-26H,2,12-21H2,1,4-5H3/t22-,25+/m1/s1. The number of benzene rings is 2. The molecule has 0 aliphatic carbocycles. The Morgan fingerprint density at radius 1 is 1.17 bits per heavy atom. The highest BCUT2D eigenvalue weighted by Crippen LogP contribution is 2.37. The molecule has 2 atom stereocenters. The highest BCUT2D eigenvalue weighted by molar-refractivity contribution is 6.36. The highest BCUT2D eigenvalue weighted by atomic mass is 35.5. The molecule has 46 heavy (non-hydrogen) atoms. The Hall–Kier alpha value is -3.98. The molecule has 1 amide bonds. The minimum atomic E-state index is -1.01. The summed E-state index contributed by atoms with van der Waals surface area (Å²) >= 11 is 6.70. The fraction of sp³-hybridized carbons (Fsp3) is 0.471. The fourth-order valence-corrected chi connectivity index (χ4v) is 7.07. The first kappa shape index (κ1) is 32.0. The van der Waals surface area contributed by atoms with Crippen molar-refractivity contribution in [2.24, 2.45) is 0 Å². The molecule has 2 fully saturated rings. The molecule has 1 aromatic heterocycles. The van der Waals surface area contributed by atoms with Gasteiger partial charge in [-0.3, -0.25) is 9.69 Å². The third-order valence-electron chi connectivity index (χ3n) is 9.54. The van der Waals surface area contributed by atoms with Crippen molar-refractivity contribution >= 4 is 39.8 Å². The molecule has 242 valence electrons. The molecular weight excluding hydrogens is 607 g/mol. The molecule has 0 N–H and O–H groups in total. The van der Waals surface area contributed by atoms with E-state index in [9.17, 15) is 9.18 Å². The number of hydrogen-bond donors (Lipinski definition) is 0. The zero-order chi connectivity index (χ0) is 32.5. The minimum absolute atomic E-state index is 0.0575. The van der Waals surface area contributed by atoms with Gasteiger partial charge in [-0.15, -0.1) is 0 Å². The van der Waals surface area contributed by atoms with E-state index in [0.717, 1.165) is 53.2 Å². The van der Waals surface area contributed by atoms with Gasteiger partial charge in [-0.2, -0.15) is 9.97 Å². The van der Waals surface area contributed by atoms with Crippen molar-refractivity contribution in [2.75, 3.05) is 76.3 Å². The molecule has 0 radical (unpaired) electrons. The molecule has 10 nitrogen and oxygen atoms in total. The number of amides is 1. The van der Waals surface area contributed by atoms with Crippen molar-refractivity contribution in [1.82, 2.24) is 24.7 Å². The number of ether oxygens (including phenoxy) is 1. The Kier molecular flexibility index (Phi) is 9.32. The van der Waals surface area contributed by atoms with Gasteiger partial charge in [0.2, 0.25) is 6.54 Å². The lowest BCUT2D eigenvalue weighted by atomic mass is 10.0.